The Kier molecular flexibility index (Phi) is 3.91. The third kappa shape index (κ3) is 2.86. The van der Waals surface area contributed by atoms with Gasteiger partial charge in [-0.2, -0.15) is 0 Å². The molecule has 1 saturated heterocycles. The predicted octanol–water partition coefficient (Wildman–Crippen LogP) is 2.00. The van der Waals surface area contributed by atoms with E-state index >= 15 is 0 Å². The summed E-state index contributed by atoms with van der Waals surface area (Å²) in [5.41, 5.74) is 0.774. The number of ether oxygens (including phenoxy) is 2. The van der Waals surface area contributed by atoms with E-state index in [2.05, 4.69) is 4.98 Å². The Morgan fingerprint density at radius 1 is 1.53 bits per heavy atom. The topological polar surface area (TPSA) is 53.4 Å². The Labute approximate surface area is 114 Å². The minimum Gasteiger partial charge on any atom is -0.353 e. The molecular weight excluding hydrogens is 264 g/mol. The van der Waals surface area contributed by atoms with Crippen molar-refractivity contribution in [3.05, 3.63) is 28.1 Å². The third-order valence-corrected chi connectivity index (χ3v) is 4.10. The molecule has 0 bridgehead atoms. The number of nitrogens with zero attached hydrogens (tertiary/aromatic N) is 2. The Morgan fingerprint density at radius 3 is 3.32 bits per heavy atom. The van der Waals surface area contributed by atoms with Gasteiger partial charge in [-0.15, -0.1) is 11.3 Å². The molecule has 3 rings (SSSR count). The van der Waals surface area contributed by atoms with Crippen LogP contribution in [0.25, 0.3) is 10.2 Å². The quantitative estimate of drug-likeness (QED) is 0.859. The van der Waals surface area contributed by atoms with Gasteiger partial charge in [0.2, 0.25) is 0 Å². The molecule has 1 atom stereocenters. The SMILES string of the molecule is O=c1c2sccc2ncn1CCO[C@H]1CCCCO1. The van der Waals surface area contributed by atoms with Gasteiger partial charge in [0.1, 0.15) is 4.70 Å². The molecule has 0 aliphatic carbocycles. The van der Waals surface area contributed by atoms with E-state index in [1.54, 1.807) is 10.9 Å². The highest BCUT2D eigenvalue weighted by molar-refractivity contribution is 7.17. The largest absolute Gasteiger partial charge is 0.353 e. The maximum absolute atomic E-state index is 12.1. The van der Waals surface area contributed by atoms with E-state index in [4.69, 9.17) is 9.47 Å². The van der Waals surface area contributed by atoms with Crippen LogP contribution in [-0.4, -0.2) is 29.1 Å². The zero-order valence-corrected chi connectivity index (χ0v) is 11.4. The molecule has 0 unspecified atom stereocenters. The van der Waals surface area contributed by atoms with Crippen molar-refractivity contribution in [3.63, 3.8) is 0 Å². The summed E-state index contributed by atoms with van der Waals surface area (Å²) in [6.07, 6.45) is 4.67. The van der Waals surface area contributed by atoms with Crippen LogP contribution in [0.1, 0.15) is 19.3 Å². The molecule has 5 nitrogen and oxygen atoms in total. The molecule has 1 fully saturated rings. The Bertz CT molecular complexity index is 601. The number of hydrogen-bond donors (Lipinski definition) is 0. The van der Waals surface area contributed by atoms with Gasteiger partial charge >= 0.3 is 0 Å². The lowest BCUT2D eigenvalue weighted by Gasteiger charge is -2.22. The second-order valence-electron chi connectivity index (χ2n) is 4.55. The van der Waals surface area contributed by atoms with Crippen molar-refractivity contribution in [2.75, 3.05) is 13.2 Å². The molecule has 0 spiro atoms. The zero-order chi connectivity index (χ0) is 13.1. The summed E-state index contributed by atoms with van der Waals surface area (Å²) < 4.78 is 13.4. The van der Waals surface area contributed by atoms with E-state index in [0.717, 1.165) is 31.4 Å². The van der Waals surface area contributed by atoms with Crippen LogP contribution in [0.15, 0.2) is 22.6 Å². The van der Waals surface area contributed by atoms with Crippen molar-refractivity contribution in [2.45, 2.75) is 32.1 Å². The molecule has 3 heterocycles. The summed E-state index contributed by atoms with van der Waals surface area (Å²) in [7, 11) is 0. The van der Waals surface area contributed by atoms with Crippen LogP contribution in [0.2, 0.25) is 0 Å². The van der Waals surface area contributed by atoms with Crippen LogP contribution in [0, 0.1) is 0 Å². The summed E-state index contributed by atoms with van der Waals surface area (Å²) >= 11 is 1.43. The van der Waals surface area contributed by atoms with Crippen molar-refractivity contribution in [1.82, 2.24) is 9.55 Å². The van der Waals surface area contributed by atoms with E-state index in [0.29, 0.717) is 17.9 Å². The number of thiophene rings is 1. The minimum absolute atomic E-state index is 0.00756. The van der Waals surface area contributed by atoms with Gasteiger partial charge in [0.25, 0.3) is 5.56 Å². The molecule has 19 heavy (non-hydrogen) atoms. The zero-order valence-electron chi connectivity index (χ0n) is 10.6. The minimum atomic E-state index is -0.108. The fraction of sp³-hybridized carbons (Fsp3) is 0.538. The van der Waals surface area contributed by atoms with E-state index in [1.165, 1.54) is 11.3 Å². The lowest BCUT2D eigenvalue weighted by atomic mass is 10.2. The lowest BCUT2D eigenvalue weighted by Crippen LogP contribution is -2.27. The molecular formula is C13H16N2O3S. The summed E-state index contributed by atoms with van der Waals surface area (Å²) in [4.78, 5) is 16.4. The fourth-order valence-electron chi connectivity index (χ4n) is 2.16. The van der Waals surface area contributed by atoms with Crippen LogP contribution in [0.4, 0.5) is 0 Å². The van der Waals surface area contributed by atoms with Crippen LogP contribution >= 0.6 is 11.3 Å². The van der Waals surface area contributed by atoms with Crippen molar-refractivity contribution in [1.29, 1.82) is 0 Å². The summed E-state index contributed by atoms with van der Waals surface area (Å²) in [5, 5.41) is 1.88. The number of rotatable bonds is 4. The number of hydrogen-bond acceptors (Lipinski definition) is 5. The molecule has 2 aromatic rings. The van der Waals surface area contributed by atoms with Crippen molar-refractivity contribution < 1.29 is 9.47 Å². The van der Waals surface area contributed by atoms with Crippen molar-refractivity contribution >= 4 is 21.6 Å². The first-order chi connectivity index (χ1) is 9.34. The van der Waals surface area contributed by atoms with Gasteiger partial charge in [0.15, 0.2) is 6.29 Å². The van der Waals surface area contributed by atoms with Gasteiger partial charge in [-0.25, -0.2) is 4.98 Å². The third-order valence-electron chi connectivity index (χ3n) is 3.21. The van der Waals surface area contributed by atoms with Crippen molar-refractivity contribution in [3.8, 4) is 0 Å². The highest BCUT2D eigenvalue weighted by Gasteiger charge is 2.14. The van der Waals surface area contributed by atoms with Gasteiger partial charge in [-0.3, -0.25) is 9.36 Å². The van der Waals surface area contributed by atoms with Crippen LogP contribution in [-0.2, 0) is 16.0 Å². The molecule has 1 aliphatic heterocycles. The summed E-state index contributed by atoms with van der Waals surface area (Å²) in [6.45, 7) is 1.76. The normalized spacial score (nSPS) is 19.9. The molecule has 0 saturated carbocycles. The molecule has 0 radical (unpaired) electrons. The molecule has 2 aromatic heterocycles. The Morgan fingerprint density at radius 2 is 2.47 bits per heavy atom. The highest BCUT2D eigenvalue weighted by Crippen LogP contribution is 2.14. The number of aromatic nitrogens is 2. The second-order valence-corrected chi connectivity index (χ2v) is 5.46. The van der Waals surface area contributed by atoms with Crippen LogP contribution in [0.3, 0.4) is 0 Å². The van der Waals surface area contributed by atoms with Gasteiger partial charge in [-0.05, 0) is 30.7 Å². The predicted molar refractivity (Wildman–Crippen MR) is 73.4 cm³/mol. The van der Waals surface area contributed by atoms with Crippen LogP contribution < -0.4 is 5.56 Å². The van der Waals surface area contributed by atoms with Gasteiger partial charge in [-0.1, -0.05) is 0 Å². The molecule has 102 valence electrons. The maximum atomic E-state index is 12.1. The summed E-state index contributed by atoms with van der Waals surface area (Å²) in [5.74, 6) is 0. The maximum Gasteiger partial charge on any atom is 0.271 e. The average Bonchev–Trinajstić information content (AvgIpc) is 2.92. The first-order valence-corrected chi connectivity index (χ1v) is 7.38. The van der Waals surface area contributed by atoms with Gasteiger partial charge in [0, 0.05) is 6.61 Å². The molecule has 0 N–H and O–H groups in total. The fourth-order valence-corrected chi connectivity index (χ4v) is 2.96. The van der Waals surface area contributed by atoms with E-state index in [1.807, 2.05) is 11.4 Å². The molecule has 6 heteroatoms. The highest BCUT2D eigenvalue weighted by atomic mass is 32.1. The molecule has 1 aliphatic rings. The Hall–Kier alpha value is -1.24. The second kappa shape index (κ2) is 5.81. The smallest absolute Gasteiger partial charge is 0.271 e. The molecule has 0 amide bonds. The first-order valence-electron chi connectivity index (χ1n) is 6.50. The Balaban J connectivity index is 1.61. The lowest BCUT2D eigenvalue weighted by molar-refractivity contribution is -0.163. The standard InChI is InChI=1S/C13H16N2O3S/c16-13-12-10(4-8-19-12)14-9-15(13)5-7-18-11-3-1-2-6-17-11/h4,8-9,11H,1-3,5-7H2/t11-/m0/s1. The molecule has 0 aromatic carbocycles. The van der Waals surface area contributed by atoms with Gasteiger partial charge < -0.3 is 9.47 Å². The number of fused-ring (bicyclic) bond motifs is 1. The van der Waals surface area contributed by atoms with Crippen LogP contribution in [0.5, 0.6) is 0 Å². The van der Waals surface area contributed by atoms with E-state index in [-0.39, 0.29) is 11.8 Å². The van der Waals surface area contributed by atoms with Gasteiger partial charge in [0.05, 0.1) is 25.0 Å². The average molecular weight is 280 g/mol. The van der Waals surface area contributed by atoms with E-state index in [9.17, 15) is 4.79 Å². The van der Waals surface area contributed by atoms with Crippen molar-refractivity contribution in [2.24, 2.45) is 0 Å². The summed E-state index contributed by atoms with van der Waals surface area (Å²) in [6, 6.07) is 1.86. The monoisotopic (exact) mass is 280 g/mol. The first kappa shape index (κ1) is 12.8. The van der Waals surface area contributed by atoms with E-state index < -0.39 is 0 Å².